The van der Waals surface area contributed by atoms with E-state index in [9.17, 15) is 24.6 Å². The van der Waals surface area contributed by atoms with Crippen molar-refractivity contribution in [1.29, 1.82) is 0 Å². The number of benzene rings is 1. The minimum atomic E-state index is -1.28. The maximum absolute atomic E-state index is 14.3. The zero-order valence-electron chi connectivity index (χ0n) is 20.3. The number of carbonyl (C=O) groups excluding carboxylic acids is 2. The van der Waals surface area contributed by atoms with Crippen LogP contribution in [0.3, 0.4) is 0 Å². The SMILES string of the molecule is C=CCN(C(=O)C1N([C@@H](CO)CC(C)C)C(=O)[C@@H]2[C@H](C(=O)O)[C@]3(C)CCC12O3)c1ccc(Cl)cc1. The van der Waals surface area contributed by atoms with Crippen LogP contribution in [0.25, 0.3) is 0 Å². The maximum atomic E-state index is 14.3. The number of amides is 2. The largest absolute Gasteiger partial charge is 0.481 e. The molecule has 1 aromatic carbocycles. The van der Waals surface area contributed by atoms with E-state index >= 15 is 0 Å². The molecule has 2 bridgehead atoms. The average molecular weight is 505 g/mol. The third-order valence-corrected chi connectivity index (χ3v) is 8.03. The van der Waals surface area contributed by atoms with Crippen LogP contribution in [0.2, 0.25) is 5.02 Å². The number of aliphatic hydroxyl groups excluding tert-OH is 1. The quantitative estimate of drug-likeness (QED) is 0.500. The number of anilines is 1. The van der Waals surface area contributed by atoms with Crippen molar-refractivity contribution < 1.29 is 29.3 Å². The van der Waals surface area contributed by atoms with Crippen molar-refractivity contribution in [1.82, 2.24) is 4.90 Å². The van der Waals surface area contributed by atoms with Crippen LogP contribution in [-0.4, -0.2) is 69.3 Å². The lowest BCUT2D eigenvalue weighted by Crippen LogP contribution is -2.59. The van der Waals surface area contributed by atoms with Crippen molar-refractivity contribution in [2.45, 2.75) is 63.3 Å². The second-order valence-electron chi connectivity index (χ2n) is 10.5. The molecule has 3 aliphatic rings. The number of carboxylic acid groups (broad SMARTS) is 1. The molecule has 4 rings (SSSR count). The van der Waals surface area contributed by atoms with E-state index in [1.54, 1.807) is 37.3 Å². The van der Waals surface area contributed by atoms with Crippen LogP contribution < -0.4 is 4.90 Å². The molecule has 2 N–H and O–H groups in total. The van der Waals surface area contributed by atoms with Crippen molar-refractivity contribution >= 4 is 35.1 Å². The summed E-state index contributed by atoms with van der Waals surface area (Å²) in [6.45, 7) is 9.28. The van der Waals surface area contributed by atoms with Crippen LogP contribution in [0.15, 0.2) is 36.9 Å². The van der Waals surface area contributed by atoms with Gasteiger partial charge >= 0.3 is 5.97 Å². The highest BCUT2D eigenvalue weighted by Gasteiger charge is 2.78. The van der Waals surface area contributed by atoms with Crippen molar-refractivity contribution in [3.63, 3.8) is 0 Å². The van der Waals surface area contributed by atoms with E-state index in [-0.39, 0.29) is 25.0 Å². The molecule has 9 heteroatoms. The molecule has 1 spiro atoms. The van der Waals surface area contributed by atoms with Crippen LogP contribution in [0.1, 0.15) is 40.0 Å². The number of likely N-dealkylation sites (tertiary alicyclic amines) is 1. The molecular formula is C26H33ClN2O6. The summed E-state index contributed by atoms with van der Waals surface area (Å²) < 4.78 is 6.44. The molecule has 8 nitrogen and oxygen atoms in total. The van der Waals surface area contributed by atoms with Crippen LogP contribution in [0.4, 0.5) is 5.69 Å². The Morgan fingerprint density at radius 3 is 2.51 bits per heavy atom. The second kappa shape index (κ2) is 9.22. The van der Waals surface area contributed by atoms with Crippen LogP contribution in [0, 0.1) is 17.8 Å². The number of aliphatic carboxylic acids is 1. The molecule has 0 saturated carbocycles. The third kappa shape index (κ3) is 3.96. The first-order valence-corrected chi connectivity index (χ1v) is 12.4. The Hall–Kier alpha value is -2.42. The molecule has 0 aromatic heterocycles. The average Bonchev–Trinajstić information content (AvgIpc) is 3.37. The number of carboxylic acids is 1. The van der Waals surface area contributed by atoms with Gasteiger partial charge in [-0.2, -0.15) is 0 Å². The molecule has 190 valence electrons. The van der Waals surface area contributed by atoms with E-state index < -0.39 is 47.0 Å². The summed E-state index contributed by atoms with van der Waals surface area (Å²) in [4.78, 5) is 43.6. The van der Waals surface area contributed by atoms with Crippen LogP contribution >= 0.6 is 11.6 Å². The van der Waals surface area contributed by atoms with E-state index in [0.717, 1.165) is 0 Å². The zero-order valence-corrected chi connectivity index (χ0v) is 21.1. The summed E-state index contributed by atoms with van der Waals surface area (Å²) in [5, 5.41) is 20.9. The molecule has 6 atom stereocenters. The van der Waals surface area contributed by atoms with Gasteiger partial charge in [-0.15, -0.1) is 6.58 Å². The van der Waals surface area contributed by atoms with Gasteiger partial charge < -0.3 is 24.7 Å². The van der Waals surface area contributed by atoms with Gasteiger partial charge in [-0.25, -0.2) is 0 Å². The fraction of sp³-hybridized carbons (Fsp3) is 0.577. The van der Waals surface area contributed by atoms with Gasteiger partial charge in [0.1, 0.15) is 11.6 Å². The van der Waals surface area contributed by atoms with E-state index in [1.165, 1.54) is 9.80 Å². The van der Waals surface area contributed by atoms with Crippen molar-refractivity contribution in [2.24, 2.45) is 17.8 Å². The molecule has 2 unspecified atom stereocenters. The Kier molecular flexibility index (Phi) is 6.76. The maximum Gasteiger partial charge on any atom is 0.310 e. The first-order chi connectivity index (χ1) is 16.5. The number of ether oxygens (including phenoxy) is 1. The number of rotatable bonds is 9. The lowest BCUT2D eigenvalue weighted by Gasteiger charge is -2.40. The highest BCUT2D eigenvalue weighted by molar-refractivity contribution is 6.30. The smallest absolute Gasteiger partial charge is 0.310 e. The summed E-state index contributed by atoms with van der Waals surface area (Å²) in [5.74, 6) is -3.85. The lowest BCUT2D eigenvalue weighted by atomic mass is 9.66. The topological polar surface area (TPSA) is 107 Å². The van der Waals surface area contributed by atoms with Gasteiger partial charge in [0.15, 0.2) is 0 Å². The van der Waals surface area contributed by atoms with Crippen molar-refractivity contribution in [3.05, 3.63) is 41.9 Å². The molecule has 1 aromatic rings. The fourth-order valence-electron chi connectivity index (χ4n) is 6.45. The van der Waals surface area contributed by atoms with Crippen LogP contribution in [0.5, 0.6) is 0 Å². The summed E-state index contributed by atoms with van der Waals surface area (Å²) in [6, 6.07) is 5.06. The molecule has 35 heavy (non-hydrogen) atoms. The summed E-state index contributed by atoms with van der Waals surface area (Å²) in [6.07, 6.45) is 2.88. The predicted molar refractivity (Wildman–Crippen MR) is 131 cm³/mol. The normalized spacial score (nSPS) is 32.1. The van der Waals surface area contributed by atoms with Crippen molar-refractivity contribution in [2.75, 3.05) is 18.1 Å². The molecule has 0 radical (unpaired) electrons. The lowest BCUT2D eigenvalue weighted by molar-refractivity contribution is -0.156. The zero-order chi connectivity index (χ0) is 25.7. The number of hydrogen-bond donors (Lipinski definition) is 2. The van der Waals surface area contributed by atoms with Gasteiger partial charge in [-0.3, -0.25) is 14.4 Å². The number of hydrogen-bond acceptors (Lipinski definition) is 5. The van der Waals surface area contributed by atoms with E-state index in [4.69, 9.17) is 16.3 Å². The Morgan fingerprint density at radius 1 is 1.31 bits per heavy atom. The van der Waals surface area contributed by atoms with Crippen LogP contribution in [-0.2, 0) is 19.1 Å². The van der Waals surface area contributed by atoms with Gasteiger partial charge in [-0.1, -0.05) is 31.5 Å². The summed E-state index contributed by atoms with van der Waals surface area (Å²) >= 11 is 6.06. The van der Waals surface area contributed by atoms with E-state index in [0.29, 0.717) is 30.0 Å². The van der Waals surface area contributed by atoms with E-state index in [2.05, 4.69) is 6.58 Å². The number of nitrogens with zero attached hydrogens (tertiary/aromatic N) is 2. The monoisotopic (exact) mass is 504 g/mol. The fourth-order valence-corrected chi connectivity index (χ4v) is 6.58. The minimum Gasteiger partial charge on any atom is -0.481 e. The van der Waals surface area contributed by atoms with Crippen molar-refractivity contribution in [3.8, 4) is 0 Å². The highest BCUT2D eigenvalue weighted by Crippen LogP contribution is 2.63. The van der Waals surface area contributed by atoms with Gasteiger partial charge in [0.25, 0.3) is 5.91 Å². The van der Waals surface area contributed by atoms with E-state index in [1.807, 2.05) is 13.8 Å². The Morgan fingerprint density at radius 2 is 1.97 bits per heavy atom. The van der Waals surface area contributed by atoms with Gasteiger partial charge in [-0.05, 0) is 56.4 Å². The standard InChI is InChI=1S/C26H33ClN2O6/c1-5-12-28(17-8-6-16(27)7-9-17)23(32)21-26-11-10-25(4,35-26)20(24(33)34)19(26)22(31)29(21)18(14-30)13-15(2)3/h5-9,15,18-21,30H,1,10-14H2,2-4H3,(H,33,34)/t18-,19+,20-,21?,25+,26?/m1/s1. The molecular weight excluding hydrogens is 472 g/mol. The number of aliphatic hydroxyl groups is 1. The molecule has 3 fully saturated rings. The number of fused-ring (bicyclic) bond motifs is 1. The first kappa shape index (κ1) is 25.7. The predicted octanol–water partition coefficient (Wildman–Crippen LogP) is 3.12. The van der Waals surface area contributed by atoms with Gasteiger partial charge in [0.05, 0.1) is 30.1 Å². The number of carbonyl (C=O) groups is 3. The summed E-state index contributed by atoms with van der Waals surface area (Å²) in [5.41, 5.74) is -1.74. The second-order valence-corrected chi connectivity index (χ2v) is 10.9. The molecule has 3 heterocycles. The third-order valence-electron chi connectivity index (χ3n) is 7.78. The van der Waals surface area contributed by atoms with Gasteiger partial charge in [0, 0.05) is 17.3 Å². The molecule has 3 aliphatic heterocycles. The molecule has 2 amide bonds. The highest BCUT2D eigenvalue weighted by atomic mass is 35.5. The van der Waals surface area contributed by atoms with Gasteiger partial charge in [0.2, 0.25) is 5.91 Å². The Labute approximate surface area is 210 Å². The molecule has 3 saturated heterocycles. The summed E-state index contributed by atoms with van der Waals surface area (Å²) in [7, 11) is 0. The first-order valence-electron chi connectivity index (χ1n) is 12.0. The number of halogens is 1. The Bertz CT molecular complexity index is 1030. The Balaban J connectivity index is 1.85. The molecule has 0 aliphatic carbocycles. The minimum absolute atomic E-state index is 0.138.